The molecule has 0 radical (unpaired) electrons. The van der Waals surface area contributed by atoms with Crippen LogP contribution in [0.25, 0.3) is 0 Å². The molecule has 0 unspecified atom stereocenters. The molecule has 0 saturated carbocycles. The predicted molar refractivity (Wildman–Crippen MR) is 24.7 cm³/mol. The van der Waals surface area contributed by atoms with Crippen molar-refractivity contribution in [3.8, 4) is 0 Å². The molecule has 0 spiro atoms. The zero-order valence-electron chi connectivity index (χ0n) is 3.89. The molecule has 0 atom stereocenters. The molecular weight excluding hydrogens is 115 g/mol. The number of hydrogen-bond donors (Lipinski definition) is 0. The summed E-state index contributed by atoms with van der Waals surface area (Å²) in [4.78, 5) is 0. The zero-order valence-corrected chi connectivity index (χ0v) is 5.05. The summed E-state index contributed by atoms with van der Waals surface area (Å²) in [6.45, 7) is -0.240. The highest BCUT2D eigenvalue weighted by Crippen LogP contribution is 2.13. The molecule has 1 aliphatic rings. The average molecular weight is 122 g/mol. The summed E-state index contributed by atoms with van der Waals surface area (Å²) in [5.74, 6) is 0. The van der Waals surface area contributed by atoms with Crippen molar-refractivity contribution >= 4 is 9.28 Å². The molecule has 0 N–H and O–H groups in total. The normalized spacial score (nSPS) is 20.1. The van der Waals surface area contributed by atoms with Gasteiger partial charge < -0.3 is 0 Å². The molecular formula is C3H7FO2Si. The number of halogens is 1. The van der Waals surface area contributed by atoms with Crippen molar-refractivity contribution in [3.05, 3.63) is 0 Å². The van der Waals surface area contributed by atoms with E-state index in [9.17, 15) is 4.39 Å². The molecule has 0 aromatic heterocycles. The summed E-state index contributed by atoms with van der Waals surface area (Å²) < 4.78 is 20.3. The second-order valence-electron chi connectivity index (χ2n) is 1.45. The maximum absolute atomic E-state index is 11.3. The number of hydrogen-bond acceptors (Lipinski definition) is 2. The van der Waals surface area contributed by atoms with Crippen molar-refractivity contribution < 1.29 is 13.5 Å². The van der Waals surface area contributed by atoms with Crippen molar-refractivity contribution in [3.63, 3.8) is 0 Å². The Morgan fingerprint density at radius 2 is 2.14 bits per heavy atom. The van der Waals surface area contributed by atoms with Crippen LogP contribution < -0.4 is 0 Å². The lowest BCUT2D eigenvalue weighted by atomic mass is 10.6. The molecule has 1 rings (SSSR count). The molecule has 1 fully saturated rings. The molecule has 0 bridgehead atoms. The zero-order chi connectivity index (χ0) is 5.11. The van der Waals surface area contributed by atoms with Crippen LogP contribution in [-0.4, -0.2) is 16.0 Å². The molecule has 1 heterocycles. The van der Waals surface area contributed by atoms with Gasteiger partial charge in [0.25, 0.3) is 0 Å². The molecule has 1 aliphatic heterocycles. The summed E-state index contributed by atoms with van der Waals surface area (Å²) in [5, 5.41) is 0. The monoisotopic (exact) mass is 122 g/mol. The van der Waals surface area contributed by atoms with Crippen molar-refractivity contribution in [2.45, 2.75) is 12.5 Å². The third kappa shape index (κ3) is 2.01. The van der Waals surface area contributed by atoms with Gasteiger partial charge in [-0.15, -0.1) is 0 Å². The van der Waals surface area contributed by atoms with Crippen LogP contribution in [-0.2, 0) is 9.15 Å². The Hall–Kier alpha value is 0.0669. The van der Waals surface area contributed by atoms with Gasteiger partial charge in [0, 0.05) is 0 Å². The van der Waals surface area contributed by atoms with Crippen molar-refractivity contribution in [2.75, 3.05) is 6.67 Å². The molecule has 7 heavy (non-hydrogen) atoms. The Labute approximate surface area is 43.0 Å². The predicted octanol–water partition coefficient (Wildman–Crippen LogP) is 0.528. The van der Waals surface area contributed by atoms with E-state index in [0.29, 0.717) is 6.42 Å². The van der Waals surface area contributed by atoms with E-state index in [1.165, 1.54) is 0 Å². The summed E-state index contributed by atoms with van der Waals surface area (Å²) in [6, 6.07) is 0.830. The molecule has 0 amide bonds. The summed E-state index contributed by atoms with van der Waals surface area (Å²) in [6.07, 6.45) is 0.608. The van der Waals surface area contributed by atoms with Gasteiger partial charge in [0.05, 0.1) is 6.67 Å². The van der Waals surface area contributed by atoms with Gasteiger partial charge in [0.2, 0.25) is 0 Å². The second kappa shape index (κ2) is 2.39. The molecule has 1 saturated heterocycles. The van der Waals surface area contributed by atoms with Crippen LogP contribution >= 0.6 is 0 Å². The standard InChI is InChI=1S/C3H7FO2Si/c4-2-1-3-7-5-6-7/h7H,1-3H2. The summed E-state index contributed by atoms with van der Waals surface area (Å²) in [5.41, 5.74) is 0. The lowest BCUT2D eigenvalue weighted by molar-refractivity contribution is 0.0850. The fourth-order valence-corrected chi connectivity index (χ4v) is 1.37. The minimum atomic E-state index is -1.18. The van der Waals surface area contributed by atoms with Gasteiger partial charge in [-0.05, 0) is 12.5 Å². The first-order valence-electron chi connectivity index (χ1n) is 2.31. The van der Waals surface area contributed by atoms with E-state index in [2.05, 4.69) is 9.15 Å². The van der Waals surface area contributed by atoms with Crippen LogP contribution in [0.1, 0.15) is 6.42 Å². The van der Waals surface area contributed by atoms with Gasteiger partial charge >= 0.3 is 9.28 Å². The summed E-state index contributed by atoms with van der Waals surface area (Å²) >= 11 is 0. The quantitative estimate of drug-likeness (QED) is 0.310. The van der Waals surface area contributed by atoms with Gasteiger partial charge in [-0.3, -0.25) is 13.5 Å². The first-order chi connectivity index (χ1) is 3.43. The Morgan fingerprint density at radius 3 is 2.57 bits per heavy atom. The minimum Gasteiger partial charge on any atom is -0.261 e. The molecule has 0 aromatic rings. The van der Waals surface area contributed by atoms with E-state index in [0.717, 1.165) is 6.04 Å². The third-order valence-corrected chi connectivity index (χ3v) is 2.15. The van der Waals surface area contributed by atoms with E-state index in [1.807, 2.05) is 0 Å². The minimum absolute atomic E-state index is 0.240. The first-order valence-corrected chi connectivity index (χ1v) is 4.07. The Balaban J connectivity index is 1.80. The highest BCUT2D eigenvalue weighted by atomic mass is 28.3. The molecule has 0 aromatic carbocycles. The van der Waals surface area contributed by atoms with Crippen LogP contribution in [0.4, 0.5) is 4.39 Å². The maximum atomic E-state index is 11.3. The smallest absolute Gasteiger partial charge is 0.261 e. The maximum Gasteiger partial charge on any atom is 0.393 e. The second-order valence-corrected chi connectivity index (χ2v) is 3.27. The number of rotatable bonds is 3. The Bertz CT molecular complexity index is 56.9. The van der Waals surface area contributed by atoms with Gasteiger partial charge in [-0.1, -0.05) is 0 Å². The highest BCUT2D eigenvalue weighted by molar-refractivity contribution is 6.49. The largest absolute Gasteiger partial charge is 0.393 e. The van der Waals surface area contributed by atoms with Gasteiger partial charge in [-0.2, -0.15) is 0 Å². The highest BCUT2D eigenvalue weighted by Gasteiger charge is 2.28. The summed E-state index contributed by atoms with van der Waals surface area (Å²) in [7, 11) is -1.18. The van der Waals surface area contributed by atoms with Crippen LogP contribution in [0.15, 0.2) is 0 Å². The van der Waals surface area contributed by atoms with Crippen LogP contribution in [0.5, 0.6) is 0 Å². The molecule has 4 heteroatoms. The van der Waals surface area contributed by atoms with E-state index >= 15 is 0 Å². The van der Waals surface area contributed by atoms with E-state index < -0.39 is 9.28 Å². The van der Waals surface area contributed by atoms with E-state index in [1.54, 1.807) is 0 Å². The van der Waals surface area contributed by atoms with Crippen LogP contribution in [0.2, 0.25) is 6.04 Å². The Kier molecular flexibility index (Phi) is 1.78. The van der Waals surface area contributed by atoms with Gasteiger partial charge in [0.1, 0.15) is 0 Å². The number of alkyl halides is 1. The fourth-order valence-electron chi connectivity index (χ4n) is 0.379. The molecule has 0 aliphatic carbocycles. The first kappa shape index (κ1) is 5.21. The average Bonchev–Trinajstić information content (AvgIpc) is 2.42. The van der Waals surface area contributed by atoms with Crippen molar-refractivity contribution in [1.29, 1.82) is 0 Å². The fraction of sp³-hybridized carbons (Fsp3) is 1.00. The topological polar surface area (TPSA) is 25.1 Å². The molecule has 42 valence electrons. The van der Waals surface area contributed by atoms with E-state index in [-0.39, 0.29) is 6.67 Å². The lowest BCUT2D eigenvalue weighted by Crippen LogP contribution is -1.88. The van der Waals surface area contributed by atoms with E-state index in [4.69, 9.17) is 0 Å². The Morgan fingerprint density at radius 1 is 1.43 bits per heavy atom. The van der Waals surface area contributed by atoms with Crippen LogP contribution in [0, 0.1) is 0 Å². The lowest BCUT2D eigenvalue weighted by Gasteiger charge is -1.78. The third-order valence-electron chi connectivity index (χ3n) is 0.806. The van der Waals surface area contributed by atoms with Crippen molar-refractivity contribution in [2.24, 2.45) is 0 Å². The SMILES string of the molecule is FCCC[SiH]1OO1. The molecule has 2 nitrogen and oxygen atoms in total. The van der Waals surface area contributed by atoms with Gasteiger partial charge in [-0.25, -0.2) is 0 Å². The van der Waals surface area contributed by atoms with Gasteiger partial charge in [0.15, 0.2) is 0 Å². The van der Waals surface area contributed by atoms with Crippen LogP contribution in [0.3, 0.4) is 0 Å². The van der Waals surface area contributed by atoms with Crippen molar-refractivity contribution in [1.82, 2.24) is 0 Å².